The van der Waals surface area contributed by atoms with Gasteiger partial charge in [-0.25, -0.2) is 4.98 Å². The second-order valence-corrected chi connectivity index (χ2v) is 7.52. The summed E-state index contributed by atoms with van der Waals surface area (Å²) in [4.78, 5) is 18.1. The van der Waals surface area contributed by atoms with Crippen LogP contribution in [0.5, 0.6) is 0 Å². The van der Waals surface area contributed by atoms with Crippen LogP contribution in [-0.2, 0) is 12.2 Å². The number of thioether (sulfide) groups is 1. The van der Waals surface area contributed by atoms with E-state index in [0.29, 0.717) is 40.0 Å². The lowest BCUT2D eigenvalue weighted by molar-refractivity contribution is 0.469. The number of aromatic nitrogens is 4. The molecule has 7 heteroatoms. The summed E-state index contributed by atoms with van der Waals surface area (Å²) in [7, 11) is 0. The molecule has 2 heterocycles. The molecule has 2 aromatic heterocycles. The molecule has 6 nitrogen and oxygen atoms in total. The molecule has 0 saturated carbocycles. The van der Waals surface area contributed by atoms with Gasteiger partial charge in [-0.3, -0.25) is 9.36 Å². The van der Waals surface area contributed by atoms with E-state index in [2.05, 4.69) is 16.3 Å². The molecule has 0 aliphatic carbocycles. The minimum absolute atomic E-state index is 0.0835. The monoisotopic (exact) mass is 392 g/mol. The normalized spacial score (nSPS) is 11.2. The third kappa shape index (κ3) is 3.45. The average molecular weight is 392 g/mol. The van der Waals surface area contributed by atoms with Crippen LogP contribution in [0.2, 0.25) is 0 Å². The lowest BCUT2D eigenvalue weighted by atomic mass is 10.1. The van der Waals surface area contributed by atoms with Crippen LogP contribution < -0.4 is 5.56 Å². The molecule has 2 aromatic carbocycles. The van der Waals surface area contributed by atoms with Gasteiger partial charge in [0, 0.05) is 6.42 Å². The van der Waals surface area contributed by atoms with Crippen molar-refractivity contribution in [1.29, 1.82) is 0 Å². The molecule has 0 atom stereocenters. The summed E-state index contributed by atoms with van der Waals surface area (Å²) in [5, 5.41) is 9.26. The van der Waals surface area contributed by atoms with E-state index in [1.165, 1.54) is 11.8 Å². The Kier molecular flexibility index (Phi) is 5.00. The molecule has 0 N–H and O–H groups in total. The van der Waals surface area contributed by atoms with Crippen molar-refractivity contribution in [3.05, 3.63) is 75.7 Å². The highest BCUT2D eigenvalue weighted by Crippen LogP contribution is 2.26. The number of fused-ring (bicyclic) bond motifs is 1. The summed E-state index contributed by atoms with van der Waals surface area (Å²) in [6.07, 6.45) is 0.694. The van der Waals surface area contributed by atoms with E-state index in [9.17, 15) is 4.79 Å². The predicted molar refractivity (Wildman–Crippen MR) is 110 cm³/mol. The first kappa shape index (κ1) is 18.4. The first-order valence-corrected chi connectivity index (χ1v) is 10.1. The van der Waals surface area contributed by atoms with Gasteiger partial charge in [0.25, 0.3) is 5.56 Å². The van der Waals surface area contributed by atoms with Crippen molar-refractivity contribution in [1.82, 2.24) is 19.7 Å². The Labute approximate surface area is 166 Å². The first-order valence-electron chi connectivity index (χ1n) is 9.10. The minimum atomic E-state index is -0.0835. The van der Waals surface area contributed by atoms with Crippen LogP contribution in [0.25, 0.3) is 16.6 Å². The molecule has 0 aliphatic heterocycles. The lowest BCUT2D eigenvalue weighted by Gasteiger charge is -2.15. The Morgan fingerprint density at radius 1 is 1.07 bits per heavy atom. The van der Waals surface area contributed by atoms with Crippen LogP contribution in [0.1, 0.15) is 29.8 Å². The van der Waals surface area contributed by atoms with Crippen molar-refractivity contribution in [2.45, 2.75) is 38.1 Å². The maximum atomic E-state index is 13.3. The molecule has 0 fully saturated rings. The molecule has 142 valence electrons. The van der Waals surface area contributed by atoms with Crippen molar-refractivity contribution in [3.63, 3.8) is 0 Å². The number of nitrogens with zero attached hydrogens (tertiary/aromatic N) is 4. The molecule has 0 aliphatic rings. The molecule has 0 radical (unpaired) electrons. The molecule has 0 unspecified atom stereocenters. The van der Waals surface area contributed by atoms with Crippen molar-refractivity contribution >= 4 is 22.7 Å². The summed E-state index contributed by atoms with van der Waals surface area (Å²) < 4.78 is 7.28. The second-order valence-electron chi connectivity index (χ2n) is 6.57. The summed E-state index contributed by atoms with van der Waals surface area (Å²) in [5.74, 6) is 1.58. The molecule has 0 amide bonds. The average Bonchev–Trinajstić information content (AvgIpc) is 3.16. The fourth-order valence-electron chi connectivity index (χ4n) is 3.09. The number of rotatable bonds is 5. The first-order chi connectivity index (χ1) is 13.6. The SMILES string of the molecule is CCc1nnc(CSc2nc3ccccc3c(=O)n2-c2ccc(C)cc2C)o1. The molecule has 0 bridgehead atoms. The van der Waals surface area contributed by atoms with Gasteiger partial charge in [0.15, 0.2) is 5.16 Å². The van der Waals surface area contributed by atoms with Gasteiger partial charge in [-0.05, 0) is 37.6 Å². The van der Waals surface area contributed by atoms with E-state index in [1.54, 1.807) is 4.57 Å². The second kappa shape index (κ2) is 7.59. The third-order valence-corrected chi connectivity index (χ3v) is 5.40. The Balaban J connectivity index is 1.84. The fraction of sp³-hybridized carbons (Fsp3) is 0.238. The van der Waals surface area contributed by atoms with E-state index < -0.39 is 0 Å². The highest BCUT2D eigenvalue weighted by atomic mass is 32.2. The number of hydrogen-bond donors (Lipinski definition) is 0. The van der Waals surface area contributed by atoms with Crippen LogP contribution in [0.4, 0.5) is 0 Å². The third-order valence-electron chi connectivity index (χ3n) is 4.47. The molecular weight excluding hydrogens is 372 g/mol. The minimum Gasteiger partial charge on any atom is -0.424 e. The summed E-state index contributed by atoms with van der Waals surface area (Å²) in [6.45, 7) is 6.01. The van der Waals surface area contributed by atoms with Crippen LogP contribution in [-0.4, -0.2) is 19.7 Å². The van der Waals surface area contributed by atoms with E-state index in [4.69, 9.17) is 9.40 Å². The molecular formula is C21H20N4O2S. The van der Waals surface area contributed by atoms with Crippen molar-refractivity contribution in [2.75, 3.05) is 0 Å². The van der Waals surface area contributed by atoms with Crippen LogP contribution in [0.15, 0.2) is 56.8 Å². The van der Waals surface area contributed by atoms with Crippen molar-refractivity contribution in [2.24, 2.45) is 0 Å². The zero-order valence-electron chi connectivity index (χ0n) is 16.0. The molecule has 4 rings (SSSR count). The Morgan fingerprint density at radius 2 is 1.86 bits per heavy atom. The van der Waals surface area contributed by atoms with Gasteiger partial charge in [0.2, 0.25) is 11.8 Å². The highest BCUT2D eigenvalue weighted by molar-refractivity contribution is 7.98. The molecule has 0 spiro atoms. The predicted octanol–water partition coefficient (Wildman–Crippen LogP) is 4.24. The van der Waals surface area contributed by atoms with Gasteiger partial charge in [-0.2, -0.15) is 0 Å². The zero-order valence-corrected chi connectivity index (χ0v) is 16.8. The Hall–Kier alpha value is -2.93. The van der Waals surface area contributed by atoms with E-state index in [-0.39, 0.29) is 5.56 Å². The summed E-state index contributed by atoms with van der Waals surface area (Å²) in [6, 6.07) is 13.4. The number of benzene rings is 2. The molecule has 4 aromatic rings. The molecule has 0 saturated heterocycles. The van der Waals surface area contributed by atoms with Gasteiger partial charge in [-0.1, -0.05) is 48.5 Å². The number of para-hydroxylation sites is 1. The Bertz CT molecular complexity index is 1210. The van der Waals surface area contributed by atoms with Crippen molar-refractivity contribution in [3.8, 4) is 5.69 Å². The van der Waals surface area contributed by atoms with E-state index in [0.717, 1.165) is 16.8 Å². The topological polar surface area (TPSA) is 73.8 Å². The maximum absolute atomic E-state index is 13.3. The van der Waals surface area contributed by atoms with Crippen LogP contribution in [0.3, 0.4) is 0 Å². The highest BCUT2D eigenvalue weighted by Gasteiger charge is 2.16. The maximum Gasteiger partial charge on any atom is 0.266 e. The van der Waals surface area contributed by atoms with Gasteiger partial charge in [0.05, 0.1) is 22.3 Å². The van der Waals surface area contributed by atoms with E-state index >= 15 is 0 Å². The summed E-state index contributed by atoms with van der Waals surface area (Å²) >= 11 is 1.42. The van der Waals surface area contributed by atoms with Crippen LogP contribution in [0, 0.1) is 13.8 Å². The number of hydrogen-bond acceptors (Lipinski definition) is 6. The van der Waals surface area contributed by atoms with Gasteiger partial charge in [-0.15, -0.1) is 10.2 Å². The largest absolute Gasteiger partial charge is 0.424 e. The Morgan fingerprint density at radius 3 is 2.61 bits per heavy atom. The quantitative estimate of drug-likeness (QED) is 0.374. The lowest BCUT2D eigenvalue weighted by Crippen LogP contribution is -2.22. The van der Waals surface area contributed by atoms with E-state index in [1.807, 2.05) is 57.2 Å². The van der Waals surface area contributed by atoms with Gasteiger partial charge in [0.1, 0.15) is 0 Å². The van der Waals surface area contributed by atoms with Crippen molar-refractivity contribution < 1.29 is 4.42 Å². The van der Waals surface area contributed by atoms with Gasteiger partial charge < -0.3 is 4.42 Å². The summed E-state index contributed by atoms with van der Waals surface area (Å²) in [5.41, 5.74) is 3.59. The zero-order chi connectivity index (χ0) is 19.7. The van der Waals surface area contributed by atoms with Crippen LogP contribution >= 0.6 is 11.8 Å². The van der Waals surface area contributed by atoms with Gasteiger partial charge >= 0.3 is 0 Å². The fourth-order valence-corrected chi connectivity index (χ4v) is 3.94. The smallest absolute Gasteiger partial charge is 0.266 e. The standard InChI is InChI=1S/C21H20N4O2S/c1-4-18-23-24-19(27-18)12-28-21-22-16-8-6-5-7-15(16)20(26)25(21)17-10-9-13(2)11-14(17)3/h5-11H,4,12H2,1-3H3. The number of aryl methyl sites for hydroxylation is 3. The molecule has 28 heavy (non-hydrogen) atoms.